The van der Waals surface area contributed by atoms with Crippen LogP contribution in [0.25, 0.3) is 10.4 Å². The van der Waals surface area contributed by atoms with Crippen molar-refractivity contribution in [3.63, 3.8) is 0 Å². The van der Waals surface area contributed by atoms with Crippen LogP contribution in [-0.4, -0.2) is 36.9 Å². The van der Waals surface area contributed by atoms with Gasteiger partial charge in [0.1, 0.15) is 0 Å². The van der Waals surface area contributed by atoms with E-state index in [1.54, 1.807) is 18.4 Å². The van der Waals surface area contributed by atoms with Crippen molar-refractivity contribution in [1.82, 2.24) is 10.2 Å². The predicted molar refractivity (Wildman–Crippen MR) is 121 cm³/mol. The van der Waals surface area contributed by atoms with Crippen LogP contribution in [0.3, 0.4) is 0 Å². The van der Waals surface area contributed by atoms with Crippen molar-refractivity contribution in [1.29, 1.82) is 0 Å². The minimum absolute atomic E-state index is 0.0125. The van der Waals surface area contributed by atoms with Gasteiger partial charge in [-0.1, -0.05) is 60.7 Å². The second kappa shape index (κ2) is 8.84. The first-order valence-electron chi connectivity index (χ1n) is 10.3. The van der Waals surface area contributed by atoms with E-state index >= 15 is 0 Å². The molecule has 1 aromatic heterocycles. The lowest BCUT2D eigenvalue weighted by Gasteiger charge is -2.28. The van der Waals surface area contributed by atoms with Crippen molar-refractivity contribution < 1.29 is 9.59 Å². The number of rotatable bonds is 6. The van der Waals surface area contributed by atoms with E-state index in [4.69, 9.17) is 0 Å². The minimum atomic E-state index is -0.603. The number of hydrogen-bond acceptors (Lipinski definition) is 3. The van der Waals surface area contributed by atoms with Crippen LogP contribution in [0.1, 0.15) is 17.5 Å². The van der Waals surface area contributed by atoms with Gasteiger partial charge >= 0.3 is 0 Å². The molecule has 0 spiro atoms. The molecule has 0 radical (unpaired) electrons. The topological polar surface area (TPSA) is 49.4 Å². The van der Waals surface area contributed by atoms with E-state index in [-0.39, 0.29) is 11.8 Å². The number of carbonyl (C=O) groups excluding carboxylic acids is 2. The molecule has 154 valence electrons. The maximum absolute atomic E-state index is 13.0. The fraction of sp³-hybridized carbons (Fsp3) is 0.280. The molecule has 0 bridgehead atoms. The predicted octanol–water partition coefficient (Wildman–Crippen LogP) is 4.17. The van der Waals surface area contributed by atoms with Gasteiger partial charge in [0, 0.05) is 25.0 Å². The van der Waals surface area contributed by atoms with E-state index in [2.05, 4.69) is 28.9 Å². The first-order valence-corrected chi connectivity index (χ1v) is 11.1. The highest BCUT2D eigenvalue weighted by molar-refractivity contribution is 7.13. The third-order valence-corrected chi connectivity index (χ3v) is 6.85. The van der Waals surface area contributed by atoms with E-state index in [1.807, 2.05) is 53.4 Å². The summed E-state index contributed by atoms with van der Waals surface area (Å²) in [6.07, 6.45) is 1.66. The Bertz CT molecular complexity index is 1020. The van der Waals surface area contributed by atoms with Crippen LogP contribution in [-0.2, 0) is 22.4 Å². The summed E-state index contributed by atoms with van der Waals surface area (Å²) in [4.78, 5) is 29.0. The second-order valence-electron chi connectivity index (χ2n) is 7.90. The van der Waals surface area contributed by atoms with Crippen LogP contribution < -0.4 is 5.32 Å². The number of benzene rings is 2. The number of amides is 2. The number of likely N-dealkylation sites (tertiary alicyclic amines) is 1. The molecule has 1 atom stereocenters. The molecule has 5 heteroatoms. The first-order chi connectivity index (χ1) is 14.6. The molecule has 1 aliphatic heterocycles. The molecule has 1 fully saturated rings. The third kappa shape index (κ3) is 4.17. The number of carbonyl (C=O) groups is 2. The number of nitrogens with one attached hydrogen (secondary N) is 1. The van der Waals surface area contributed by atoms with Crippen LogP contribution >= 0.6 is 11.3 Å². The summed E-state index contributed by atoms with van der Waals surface area (Å²) >= 11 is 1.70. The summed E-state index contributed by atoms with van der Waals surface area (Å²) < 4.78 is 0. The van der Waals surface area contributed by atoms with Crippen molar-refractivity contribution in [3.8, 4) is 10.4 Å². The minimum Gasteiger partial charge on any atom is -0.359 e. The zero-order valence-corrected chi connectivity index (χ0v) is 18.0. The lowest BCUT2D eigenvalue weighted by molar-refractivity contribution is -0.132. The average Bonchev–Trinajstić information content (AvgIpc) is 3.45. The maximum atomic E-state index is 13.0. The van der Waals surface area contributed by atoms with Crippen LogP contribution in [0.2, 0.25) is 0 Å². The van der Waals surface area contributed by atoms with Crippen molar-refractivity contribution in [2.75, 3.05) is 20.1 Å². The summed E-state index contributed by atoms with van der Waals surface area (Å²) in [6, 6.07) is 22.2. The molecule has 1 saturated heterocycles. The third-order valence-electron chi connectivity index (χ3n) is 5.95. The summed E-state index contributed by atoms with van der Waals surface area (Å²) in [5, 5.41) is 4.93. The lowest BCUT2D eigenvalue weighted by Crippen LogP contribution is -2.44. The highest BCUT2D eigenvalue weighted by atomic mass is 32.1. The Hall–Kier alpha value is -2.92. The maximum Gasteiger partial charge on any atom is 0.228 e. The number of hydrogen-bond donors (Lipinski definition) is 1. The van der Waals surface area contributed by atoms with E-state index in [1.165, 1.54) is 10.4 Å². The Kier molecular flexibility index (Phi) is 6.00. The van der Waals surface area contributed by atoms with E-state index in [9.17, 15) is 9.59 Å². The molecule has 0 unspecified atom stereocenters. The standard InChI is InChI=1S/C25H26N2O2S/c1-26-24(29)25(17-20-10-5-6-11-21(20)22-12-7-15-30-22)13-14-27(18-25)23(28)16-19-8-3-2-4-9-19/h2-12,15H,13-14,16-18H2,1H3,(H,26,29)/t25-/m1/s1. The van der Waals surface area contributed by atoms with E-state index < -0.39 is 5.41 Å². The summed E-state index contributed by atoms with van der Waals surface area (Å²) in [5.74, 6) is 0.0945. The van der Waals surface area contributed by atoms with Crippen LogP contribution in [0.5, 0.6) is 0 Å². The SMILES string of the molecule is CNC(=O)[C@@]1(Cc2ccccc2-c2cccs2)CCN(C(=O)Cc2ccccc2)C1. The molecule has 30 heavy (non-hydrogen) atoms. The molecule has 4 nitrogen and oxygen atoms in total. The fourth-order valence-corrected chi connectivity index (χ4v) is 5.14. The smallest absolute Gasteiger partial charge is 0.228 e. The van der Waals surface area contributed by atoms with Gasteiger partial charge < -0.3 is 10.2 Å². The summed E-state index contributed by atoms with van der Waals surface area (Å²) in [6.45, 7) is 1.07. The molecule has 0 saturated carbocycles. The van der Waals surface area contributed by atoms with Gasteiger partial charge in [-0.25, -0.2) is 0 Å². The highest BCUT2D eigenvalue weighted by Crippen LogP contribution is 2.38. The van der Waals surface area contributed by atoms with Crippen LogP contribution in [0.4, 0.5) is 0 Å². The Morgan fingerprint density at radius 3 is 2.53 bits per heavy atom. The van der Waals surface area contributed by atoms with Gasteiger partial charge in [-0.3, -0.25) is 9.59 Å². The van der Waals surface area contributed by atoms with Gasteiger partial charge in [0.05, 0.1) is 11.8 Å². The largest absolute Gasteiger partial charge is 0.359 e. The molecule has 4 rings (SSSR count). The van der Waals surface area contributed by atoms with Gasteiger partial charge in [-0.05, 0) is 41.0 Å². The van der Waals surface area contributed by atoms with Gasteiger partial charge in [-0.15, -0.1) is 11.3 Å². The zero-order chi connectivity index (χ0) is 21.0. The molecule has 2 heterocycles. The number of thiophene rings is 1. The summed E-state index contributed by atoms with van der Waals surface area (Å²) in [5.41, 5.74) is 2.72. The Morgan fingerprint density at radius 1 is 1.03 bits per heavy atom. The molecule has 2 aromatic carbocycles. The Labute approximate surface area is 181 Å². The lowest BCUT2D eigenvalue weighted by atomic mass is 9.78. The molecule has 1 aliphatic rings. The zero-order valence-electron chi connectivity index (χ0n) is 17.1. The Morgan fingerprint density at radius 2 is 1.80 bits per heavy atom. The highest BCUT2D eigenvalue weighted by Gasteiger charge is 2.45. The van der Waals surface area contributed by atoms with Gasteiger partial charge in [-0.2, -0.15) is 0 Å². The first kappa shape index (κ1) is 20.4. The molecule has 2 amide bonds. The Balaban J connectivity index is 1.57. The van der Waals surface area contributed by atoms with Crippen molar-refractivity contribution >= 4 is 23.2 Å². The molecule has 0 aliphatic carbocycles. The monoisotopic (exact) mass is 418 g/mol. The summed E-state index contributed by atoms with van der Waals surface area (Å²) in [7, 11) is 1.68. The number of nitrogens with zero attached hydrogens (tertiary/aromatic N) is 1. The van der Waals surface area contributed by atoms with Crippen molar-refractivity contribution in [2.24, 2.45) is 5.41 Å². The second-order valence-corrected chi connectivity index (χ2v) is 8.85. The molecular formula is C25H26N2O2S. The van der Waals surface area contributed by atoms with Crippen LogP contribution in [0.15, 0.2) is 72.1 Å². The van der Waals surface area contributed by atoms with Crippen LogP contribution in [0, 0.1) is 5.41 Å². The normalized spacial score (nSPS) is 18.4. The van der Waals surface area contributed by atoms with Gasteiger partial charge in [0.15, 0.2) is 0 Å². The molecule has 3 aromatic rings. The van der Waals surface area contributed by atoms with E-state index in [0.717, 1.165) is 11.1 Å². The quantitative estimate of drug-likeness (QED) is 0.653. The van der Waals surface area contributed by atoms with Crippen molar-refractivity contribution in [3.05, 3.63) is 83.2 Å². The molecule has 1 N–H and O–H groups in total. The fourth-order valence-electron chi connectivity index (χ4n) is 4.35. The van der Waals surface area contributed by atoms with Gasteiger partial charge in [0.2, 0.25) is 11.8 Å². The van der Waals surface area contributed by atoms with E-state index in [0.29, 0.717) is 32.4 Å². The molecular weight excluding hydrogens is 392 g/mol. The average molecular weight is 419 g/mol. The van der Waals surface area contributed by atoms with Crippen molar-refractivity contribution in [2.45, 2.75) is 19.3 Å². The van der Waals surface area contributed by atoms with Gasteiger partial charge in [0.25, 0.3) is 0 Å².